The molecule has 0 aliphatic carbocycles. The number of sulfonamides is 1. The third-order valence-corrected chi connectivity index (χ3v) is 13.1. The van der Waals surface area contributed by atoms with Crippen LogP contribution in [0.15, 0.2) is 35.2 Å². The number of rotatable bonds is 24. The van der Waals surface area contributed by atoms with Crippen LogP contribution in [0.3, 0.4) is 0 Å². The number of hydrogen-bond donors (Lipinski definition) is 10. The predicted octanol–water partition coefficient (Wildman–Crippen LogP) is 2.95. The van der Waals surface area contributed by atoms with Gasteiger partial charge in [-0.15, -0.1) is 0 Å². The minimum absolute atomic E-state index is 0.0209. The van der Waals surface area contributed by atoms with E-state index in [-0.39, 0.29) is 55.7 Å². The molecule has 0 spiro atoms. The summed E-state index contributed by atoms with van der Waals surface area (Å²) in [6, 6.07) is 2.98. The Bertz CT molecular complexity index is 2440. The van der Waals surface area contributed by atoms with Gasteiger partial charge in [0.1, 0.15) is 40.7 Å². The zero-order valence-electron chi connectivity index (χ0n) is 44.0. The molecule has 5 amide bonds. The van der Waals surface area contributed by atoms with Gasteiger partial charge in [-0.3, -0.25) is 29.4 Å². The lowest BCUT2D eigenvalue weighted by atomic mass is 9.88. The number of benzene rings is 2. The van der Waals surface area contributed by atoms with E-state index in [0.29, 0.717) is 47.3 Å². The van der Waals surface area contributed by atoms with Crippen molar-refractivity contribution in [2.75, 3.05) is 19.6 Å². The second-order valence-electron chi connectivity index (χ2n) is 20.7. The number of hydrogen-bond acceptors (Lipinski definition) is 14. The predicted molar refractivity (Wildman–Crippen MR) is 272 cm³/mol. The second-order valence-corrected chi connectivity index (χ2v) is 22.4. The molecular formula is C50H77N9O13S. The molecule has 3 rings (SSSR count). The molecule has 73 heavy (non-hydrogen) atoms. The average molecular weight is 1040 g/mol. The maximum atomic E-state index is 13.9. The summed E-state index contributed by atoms with van der Waals surface area (Å²) in [6.45, 7) is 18.7. The van der Waals surface area contributed by atoms with Gasteiger partial charge >= 0.3 is 18.0 Å². The van der Waals surface area contributed by atoms with E-state index in [2.05, 4.69) is 36.6 Å². The van der Waals surface area contributed by atoms with Crippen LogP contribution in [0.1, 0.15) is 128 Å². The summed E-state index contributed by atoms with van der Waals surface area (Å²) in [4.78, 5) is 91.3. The van der Waals surface area contributed by atoms with Gasteiger partial charge in [0.25, 0.3) is 10.0 Å². The Morgan fingerprint density at radius 3 is 1.99 bits per heavy atom. The summed E-state index contributed by atoms with van der Waals surface area (Å²) in [6.07, 6.45) is 0.823. The van der Waals surface area contributed by atoms with Crippen molar-refractivity contribution >= 4 is 57.6 Å². The fourth-order valence-electron chi connectivity index (χ4n) is 7.78. The summed E-state index contributed by atoms with van der Waals surface area (Å²) >= 11 is 0. The first-order valence-corrected chi connectivity index (χ1v) is 25.8. The number of carbonyl (C=O) groups is 7. The molecule has 1 aliphatic heterocycles. The van der Waals surface area contributed by atoms with Crippen molar-refractivity contribution in [3.05, 3.63) is 58.1 Å². The molecule has 0 bridgehead atoms. The molecule has 0 unspecified atom stereocenters. The average Bonchev–Trinajstić information content (AvgIpc) is 3.26. The molecule has 22 nitrogen and oxygen atoms in total. The fourth-order valence-corrected chi connectivity index (χ4v) is 9.31. The Morgan fingerprint density at radius 1 is 0.767 bits per heavy atom. The van der Waals surface area contributed by atoms with Gasteiger partial charge in [0.15, 0.2) is 0 Å². The lowest BCUT2D eigenvalue weighted by molar-refractivity contribution is -0.156. The fraction of sp³-hybridized carbons (Fsp3) is 0.600. The molecule has 0 saturated carbocycles. The van der Waals surface area contributed by atoms with Crippen LogP contribution in [-0.2, 0) is 61.1 Å². The summed E-state index contributed by atoms with van der Waals surface area (Å²) in [7, 11) is -4.18. The van der Waals surface area contributed by atoms with E-state index in [1.807, 2.05) is 20.8 Å². The maximum Gasteiger partial charge on any atom is 0.407 e. The summed E-state index contributed by atoms with van der Waals surface area (Å²) in [5.41, 5.74) is 7.21. The Kier molecular flexibility index (Phi) is 22.0. The molecular weight excluding hydrogens is 967 g/mol. The second kappa shape index (κ2) is 26.5. The van der Waals surface area contributed by atoms with Gasteiger partial charge in [0, 0.05) is 19.5 Å². The number of unbranched alkanes of at least 4 members (excludes halogenated alkanes) is 1. The first-order valence-electron chi connectivity index (χ1n) is 24.3. The van der Waals surface area contributed by atoms with Gasteiger partial charge < -0.3 is 57.0 Å². The standard InChI is InChI=1S/C50H77N9O13S/c1-29-30(2)41(31(3)33-22-23-50(10,11)71-40(29)33)73(68,69)59-46(52)53-25-17-20-34(51)42(62)55-28-38(60)56-37(27-39(61)70-48(4,5)6)44(64)58-36(26-32-18-13-12-14-19-32)43(63)57-35(45(65)66)21-15-16-24-54-47(67)72-49(7,8)9/h12-14,18-19,34-37H,15-17,20-28,51H2,1-11H3,(H,54,67)(H,55,62)(H,56,60)(H,57,63)(H,58,64)(H,65,66)(H3,52,53,59)/t34-,35-,36+,37-/m0/s1. The van der Waals surface area contributed by atoms with Crippen molar-refractivity contribution in [1.82, 2.24) is 36.6 Å². The van der Waals surface area contributed by atoms with E-state index >= 15 is 0 Å². The van der Waals surface area contributed by atoms with E-state index < -0.39 is 106 Å². The zero-order valence-corrected chi connectivity index (χ0v) is 44.8. The Hall–Kier alpha value is -6.49. The van der Waals surface area contributed by atoms with Crippen LogP contribution in [-0.4, -0.2) is 122 Å². The van der Waals surface area contributed by atoms with Crippen molar-refractivity contribution in [3.63, 3.8) is 0 Å². The van der Waals surface area contributed by atoms with Crippen molar-refractivity contribution < 1.29 is 61.3 Å². The van der Waals surface area contributed by atoms with E-state index in [1.54, 1.807) is 85.7 Å². The third-order valence-electron chi connectivity index (χ3n) is 11.5. The quantitative estimate of drug-likeness (QED) is 0.0313. The van der Waals surface area contributed by atoms with E-state index in [4.69, 9.17) is 25.4 Å². The number of nitrogens with one attached hydrogen (secondary N) is 8. The number of alkyl carbamates (subject to hydrolysis) is 1. The first kappa shape index (κ1) is 60.8. The normalized spacial score (nSPS) is 14.8. The number of amides is 5. The number of ether oxygens (including phenoxy) is 3. The number of nitrogens with two attached hydrogens (primary N) is 1. The largest absolute Gasteiger partial charge is 0.487 e. The molecule has 0 aromatic heterocycles. The number of carboxylic acid groups (broad SMARTS) is 1. The highest BCUT2D eigenvalue weighted by Crippen LogP contribution is 2.42. The molecule has 11 N–H and O–H groups in total. The Labute approximate surface area is 428 Å². The van der Waals surface area contributed by atoms with E-state index in [0.717, 1.165) is 5.56 Å². The van der Waals surface area contributed by atoms with Crippen LogP contribution in [0.4, 0.5) is 4.79 Å². The first-order chi connectivity index (χ1) is 33.8. The van der Waals surface area contributed by atoms with Crippen LogP contribution in [0.5, 0.6) is 5.75 Å². The molecule has 406 valence electrons. The number of carbonyl (C=O) groups excluding carboxylic acids is 6. The van der Waals surface area contributed by atoms with E-state index in [1.165, 1.54) is 0 Å². The van der Waals surface area contributed by atoms with E-state index in [9.17, 15) is 47.1 Å². The molecule has 0 radical (unpaired) electrons. The lowest BCUT2D eigenvalue weighted by Gasteiger charge is -2.35. The van der Waals surface area contributed by atoms with Crippen LogP contribution in [0, 0.1) is 26.2 Å². The minimum Gasteiger partial charge on any atom is -0.487 e. The van der Waals surface area contributed by atoms with Crippen LogP contribution < -0.4 is 47.1 Å². The monoisotopic (exact) mass is 1040 g/mol. The van der Waals surface area contributed by atoms with Gasteiger partial charge in [0.05, 0.1) is 23.9 Å². The van der Waals surface area contributed by atoms with Gasteiger partial charge in [-0.1, -0.05) is 30.3 Å². The lowest BCUT2D eigenvalue weighted by Crippen LogP contribution is -2.57. The van der Waals surface area contributed by atoms with Crippen molar-refractivity contribution in [2.45, 2.75) is 180 Å². The third kappa shape index (κ3) is 20.5. The van der Waals surface area contributed by atoms with Gasteiger partial charge in [-0.05, 0) is 149 Å². The molecule has 1 heterocycles. The molecule has 0 saturated heterocycles. The molecule has 23 heteroatoms. The van der Waals surface area contributed by atoms with Crippen LogP contribution >= 0.6 is 0 Å². The van der Waals surface area contributed by atoms with Crippen LogP contribution in [0.2, 0.25) is 0 Å². The summed E-state index contributed by atoms with van der Waals surface area (Å²) < 4.78 is 46.2. The SMILES string of the molecule is Cc1c(C)c(S(=O)(=O)NC(=N)NCCC[C@H](N)C(=O)NCC(=O)N[C@@H](CC(=O)OC(C)(C)C)C(=O)N[C@H](Cc2ccccc2)C(=O)N[C@@H](CCCCNC(=O)OC(C)(C)C)C(=O)O)c(C)c2c1OC(C)(C)CC2. The Balaban J connectivity index is 1.61. The zero-order chi connectivity index (χ0) is 55.1. The number of fused-ring (bicyclic) bond motifs is 1. The molecule has 2 aromatic rings. The summed E-state index contributed by atoms with van der Waals surface area (Å²) in [5.74, 6) is -5.51. The van der Waals surface area contributed by atoms with Gasteiger partial charge in [0.2, 0.25) is 29.6 Å². The molecule has 4 atom stereocenters. The van der Waals surface area contributed by atoms with Crippen molar-refractivity contribution in [3.8, 4) is 5.75 Å². The highest BCUT2D eigenvalue weighted by atomic mass is 32.2. The molecule has 1 aliphatic rings. The number of aliphatic carboxylic acids is 1. The topological polar surface area (TPSA) is 336 Å². The van der Waals surface area contributed by atoms with Crippen molar-refractivity contribution in [1.29, 1.82) is 5.41 Å². The number of esters is 1. The number of guanidine groups is 1. The summed E-state index contributed by atoms with van der Waals surface area (Å²) in [5, 5.41) is 33.4. The smallest absolute Gasteiger partial charge is 0.407 e. The van der Waals surface area contributed by atoms with Gasteiger partial charge in [-0.2, -0.15) is 0 Å². The minimum atomic E-state index is -4.18. The highest BCUT2D eigenvalue weighted by molar-refractivity contribution is 7.90. The number of carboxylic acids is 1. The van der Waals surface area contributed by atoms with Crippen molar-refractivity contribution in [2.24, 2.45) is 5.73 Å². The Morgan fingerprint density at radius 2 is 1.37 bits per heavy atom. The molecule has 2 aromatic carbocycles. The highest BCUT2D eigenvalue weighted by Gasteiger charge is 2.35. The van der Waals surface area contributed by atoms with Crippen LogP contribution in [0.25, 0.3) is 0 Å². The maximum absolute atomic E-state index is 13.9. The van der Waals surface area contributed by atoms with Gasteiger partial charge in [-0.25, -0.2) is 22.7 Å². The molecule has 0 fully saturated rings.